The number of hydrogen-bond acceptors (Lipinski definition) is 4. The van der Waals surface area contributed by atoms with Gasteiger partial charge in [-0.2, -0.15) is 11.8 Å². The lowest BCUT2D eigenvalue weighted by molar-refractivity contribution is 0.649. The largest absolute Gasteiger partial charge is 0.359 e. The second-order valence-corrected chi connectivity index (χ2v) is 4.86. The molecule has 0 aliphatic carbocycles. The van der Waals surface area contributed by atoms with Crippen LogP contribution in [0.2, 0.25) is 0 Å². The molecule has 90 valence electrons. The maximum atomic E-state index is 4.48. The van der Waals surface area contributed by atoms with E-state index in [0.717, 1.165) is 18.1 Å². The summed E-state index contributed by atoms with van der Waals surface area (Å²) in [5.74, 6) is 2.17. The predicted octanol–water partition coefficient (Wildman–Crippen LogP) is 2.16. The lowest BCUT2D eigenvalue weighted by Crippen LogP contribution is -2.21. The Bertz CT molecular complexity index is 300. The number of nitrogens with one attached hydrogen (secondary N) is 1. The second kappa shape index (κ2) is 6.76. The monoisotopic (exact) mass is 239 g/mol. The Labute approximate surface area is 103 Å². The first kappa shape index (κ1) is 13.3. The smallest absolute Gasteiger partial charge is 0.128 e. The van der Waals surface area contributed by atoms with Crippen LogP contribution in [0.1, 0.15) is 18.5 Å². The van der Waals surface area contributed by atoms with Crippen molar-refractivity contribution < 1.29 is 0 Å². The molecule has 1 aromatic rings. The molecule has 3 nitrogen and oxygen atoms in total. The minimum Gasteiger partial charge on any atom is -0.359 e. The molecule has 4 heteroatoms. The highest BCUT2D eigenvalue weighted by Crippen LogP contribution is 2.14. The summed E-state index contributed by atoms with van der Waals surface area (Å²) in [5.41, 5.74) is 1.23. The zero-order valence-electron chi connectivity index (χ0n) is 10.5. The molecule has 0 aliphatic heterocycles. The quantitative estimate of drug-likeness (QED) is 0.823. The number of anilines is 1. The van der Waals surface area contributed by atoms with Gasteiger partial charge in [-0.1, -0.05) is 6.07 Å². The van der Waals surface area contributed by atoms with Crippen LogP contribution in [0.25, 0.3) is 0 Å². The van der Waals surface area contributed by atoms with E-state index in [0.29, 0.717) is 6.04 Å². The van der Waals surface area contributed by atoms with Gasteiger partial charge in [-0.15, -0.1) is 0 Å². The second-order valence-electron chi connectivity index (χ2n) is 3.87. The SMILES string of the molecule is CNC(C)c1ccc(N(C)CCSC)nc1. The Hall–Kier alpha value is -0.740. The van der Waals surface area contributed by atoms with Gasteiger partial charge in [0.1, 0.15) is 5.82 Å². The third-order valence-corrected chi connectivity index (χ3v) is 3.32. The first-order valence-electron chi connectivity index (χ1n) is 5.52. The van der Waals surface area contributed by atoms with Gasteiger partial charge in [0, 0.05) is 31.6 Å². The van der Waals surface area contributed by atoms with Gasteiger partial charge in [0.2, 0.25) is 0 Å². The Kier molecular flexibility index (Phi) is 5.63. The van der Waals surface area contributed by atoms with Gasteiger partial charge in [-0.3, -0.25) is 0 Å². The van der Waals surface area contributed by atoms with E-state index in [-0.39, 0.29) is 0 Å². The van der Waals surface area contributed by atoms with Gasteiger partial charge in [-0.05, 0) is 31.9 Å². The topological polar surface area (TPSA) is 28.2 Å². The molecule has 0 radical (unpaired) electrons. The van der Waals surface area contributed by atoms with Crippen molar-refractivity contribution in [3.63, 3.8) is 0 Å². The molecular formula is C12H21N3S. The van der Waals surface area contributed by atoms with Gasteiger partial charge in [0.15, 0.2) is 0 Å². The summed E-state index contributed by atoms with van der Waals surface area (Å²) in [5, 5.41) is 3.21. The highest BCUT2D eigenvalue weighted by Gasteiger charge is 2.05. The number of pyridine rings is 1. The van der Waals surface area contributed by atoms with Crippen LogP contribution < -0.4 is 10.2 Å². The lowest BCUT2D eigenvalue weighted by Gasteiger charge is -2.18. The molecule has 0 saturated carbocycles. The van der Waals surface area contributed by atoms with Crippen molar-refractivity contribution in [3.05, 3.63) is 23.9 Å². The summed E-state index contributed by atoms with van der Waals surface area (Å²) in [6.45, 7) is 3.17. The van der Waals surface area contributed by atoms with Crippen molar-refractivity contribution in [1.29, 1.82) is 0 Å². The summed E-state index contributed by atoms with van der Waals surface area (Å²) in [6.07, 6.45) is 4.07. The maximum Gasteiger partial charge on any atom is 0.128 e. The van der Waals surface area contributed by atoms with Crippen LogP contribution in [0.4, 0.5) is 5.82 Å². The average Bonchev–Trinajstić information content (AvgIpc) is 2.35. The number of hydrogen-bond donors (Lipinski definition) is 1. The van der Waals surface area contributed by atoms with Crippen LogP contribution in [0.3, 0.4) is 0 Å². The van der Waals surface area contributed by atoms with E-state index in [1.807, 2.05) is 25.0 Å². The van der Waals surface area contributed by atoms with E-state index in [2.05, 4.69) is 47.6 Å². The highest BCUT2D eigenvalue weighted by molar-refractivity contribution is 7.98. The van der Waals surface area contributed by atoms with E-state index in [4.69, 9.17) is 0 Å². The summed E-state index contributed by atoms with van der Waals surface area (Å²) in [7, 11) is 4.04. The molecule has 1 unspecified atom stereocenters. The van der Waals surface area contributed by atoms with Crippen LogP contribution in [-0.2, 0) is 0 Å². The molecule has 1 N–H and O–H groups in total. The third-order valence-electron chi connectivity index (χ3n) is 2.73. The van der Waals surface area contributed by atoms with Crippen molar-refractivity contribution in [1.82, 2.24) is 10.3 Å². The maximum absolute atomic E-state index is 4.48. The molecule has 0 aromatic carbocycles. The number of rotatable bonds is 6. The molecule has 16 heavy (non-hydrogen) atoms. The Morgan fingerprint density at radius 1 is 1.50 bits per heavy atom. The van der Waals surface area contributed by atoms with Crippen LogP contribution in [0.15, 0.2) is 18.3 Å². The summed E-state index contributed by atoms with van der Waals surface area (Å²) < 4.78 is 0. The summed E-state index contributed by atoms with van der Waals surface area (Å²) in [6, 6.07) is 4.58. The van der Waals surface area contributed by atoms with Crippen LogP contribution in [-0.4, -0.2) is 37.6 Å². The van der Waals surface area contributed by atoms with Gasteiger partial charge in [0.25, 0.3) is 0 Å². The minimum atomic E-state index is 0.359. The first-order chi connectivity index (χ1) is 7.69. The fraction of sp³-hybridized carbons (Fsp3) is 0.583. The van der Waals surface area contributed by atoms with E-state index in [1.54, 1.807) is 0 Å². The minimum absolute atomic E-state index is 0.359. The highest BCUT2D eigenvalue weighted by atomic mass is 32.2. The zero-order chi connectivity index (χ0) is 12.0. The molecule has 1 atom stereocenters. The van der Waals surface area contributed by atoms with E-state index < -0.39 is 0 Å². The standard InChI is InChI=1S/C12H21N3S/c1-10(13-2)11-5-6-12(14-9-11)15(3)7-8-16-4/h5-6,9-10,13H,7-8H2,1-4H3. The molecule has 1 rings (SSSR count). The van der Waals surface area contributed by atoms with Crippen molar-refractivity contribution in [2.24, 2.45) is 0 Å². The molecule has 0 fully saturated rings. The molecule has 0 bridgehead atoms. The number of thioether (sulfide) groups is 1. The zero-order valence-corrected chi connectivity index (χ0v) is 11.3. The number of aromatic nitrogens is 1. The van der Waals surface area contributed by atoms with Crippen molar-refractivity contribution in [2.45, 2.75) is 13.0 Å². The summed E-state index contributed by atoms with van der Waals surface area (Å²) >= 11 is 1.86. The van der Waals surface area contributed by atoms with Gasteiger partial charge in [0.05, 0.1) is 0 Å². The van der Waals surface area contributed by atoms with Gasteiger partial charge < -0.3 is 10.2 Å². The molecule has 0 spiro atoms. The fourth-order valence-corrected chi connectivity index (χ4v) is 1.85. The van der Waals surface area contributed by atoms with E-state index in [1.165, 1.54) is 5.56 Å². The predicted molar refractivity (Wildman–Crippen MR) is 73.4 cm³/mol. The lowest BCUT2D eigenvalue weighted by atomic mass is 10.1. The number of nitrogens with zero attached hydrogens (tertiary/aromatic N) is 2. The van der Waals surface area contributed by atoms with Crippen LogP contribution in [0, 0.1) is 0 Å². The van der Waals surface area contributed by atoms with Gasteiger partial charge >= 0.3 is 0 Å². The van der Waals surface area contributed by atoms with Crippen LogP contribution in [0.5, 0.6) is 0 Å². The van der Waals surface area contributed by atoms with E-state index in [9.17, 15) is 0 Å². The Morgan fingerprint density at radius 3 is 2.75 bits per heavy atom. The fourth-order valence-electron chi connectivity index (χ4n) is 1.39. The van der Waals surface area contributed by atoms with Crippen molar-refractivity contribution in [2.75, 3.05) is 37.5 Å². The third kappa shape index (κ3) is 3.68. The molecule has 1 aromatic heterocycles. The molecular weight excluding hydrogens is 218 g/mol. The van der Waals surface area contributed by atoms with Crippen LogP contribution >= 0.6 is 11.8 Å². The van der Waals surface area contributed by atoms with E-state index >= 15 is 0 Å². The Balaban J connectivity index is 2.63. The first-order valence-corrected chi connectivity index (χ1v) is 6.91. The molecule has 1 heterocycles. The van der Waals surface area contributed by atoms with Crippen molar-refractivity contribution in [3.8, 4) is 0 Å². The molecule has 0 saturated heterocycles. The normalized spacial score (nSPS) is 12.5. The molecule has 0 aliphatic rings. The van der Waals surface area contributed by atoms with Crippen molar-refractivity contribution >= 4 is 17.6 Å². The Morgan fingerprint density at radius 2 is 2.25 bits per heavy atom. The molecule has 0 amide bonds. The average molecular weight is 239 g/mol. The summed E-state index contributed by atoms with van der Waals surface area (Å²) in [4.78, 5) is 6.66. The van der Waals surface area contributed by atoms with Gasteiger partial charge in [-0.25, -0.2) is 4.98 Å².